The van der Waals surface area contributed by atoms with Crippen LogP contribution in [-0.2, 0) is 12.6 Å². The molecule has 0 saturated heterocycles. The highest BCUT2D eigenvalue weighted by Gasteiger charge is 2.33. The van der Waals surface area contributed by atoms with E-state index < -0.39 is 11.9 Å². The maximum absolute atomic E-state index is 12.5. The molecule has 0 atom stereocenters. The predicted molar refractivity (Wildman–Crippen MR) is 65.9 cm³/mol. The van der Waals surface area contributed by atoms with E-state index in [2.05, 4.69) is 31.0 Å². The van der Waals surface area contributed by atoms with Crippen molar-refractivity contribution in [3.63, 3.8) is 0 Å². The molecule has 102 valence electrons. The molecule has 0 aliphatic carbocycles. The van der Waals surface area contributed by atoms with Crippen LogP contribution >= 0.6 is 15.9 Å². The lowest BCUT2D eigenvalue weighted by Gasteiger charge is -2.05. The zero-order chi connectivity index (χ0) is 14.0. The normalized spacial score (nSPS) is 11.8. The molecule has 0 saturated carbocycles. The molecule has 0 amide bonds. The SMILES string of the molecule is CCCc1nc(Br)cc(-n2ccc(C(F)(F)F)n2)n1. The topological polar surface area (TPSA) is 43.6 Å². The van der Waals surface area contributed by atoms with Gasteiger partial charge in [-0.3, -0.25) is 0 Å². The van der Waals surface area contributed by atoms with Gasteiger partial charge in [-0.25, -0.2) is 14.6 Å². The number of nitrogens with zero attached hydrogens (tertiary/aromatic N) is 4. The largest absolute Gasteiger partial charge is 0.435 e. The first-order valence-electron chi connectivity index (χ1n) is 5.57. The van der Waals surface area contributed by atoms with Gasteiger partial charge in [-0.2, -0.15) is 18.3 Å². The standard InChI is InChI=1S/C11H10BrF3N4/c1-2-3-9-16-8(12)6-10(17-9)19-5-4-7(18-19)11(13,14)15/h4-6H,2-3H2,1H3. The third kappa shape index (κ3) is 3.31. The highest BCUT2D eigenvalue weighted by molar-refractivity contribution is 9.10. The van der Waals surface area contributed by atoms with Crippen molar-refractivity contribution in [3.05, 3.63) is 34.5 Å². The lowest BCUT2D eigenvalue weighted by molar-refractivity contribution is -0.141. The fourth-order valence-corrected chi connectivity index (χ4v) is 1.92. The Bertz CT molecular complexity index is 580. The van der Waals surface area contributed by atoms with Crippen molar-refractivity contribution in [1.82, 2.24) is 19.7 Å². The molecule has 8 heteroatoms. The second-order valence-electron chi connectivity index (χ2n) is 3.86. The van der Waals surface area contributed by atoms with E-state index in [4.69, 9.17) is 0 Å². The maximum Gasteiger partial charge on any atom is 0.435 e. The Morgan fingerprint density at radius 1 is 1.32 bits per heavy atom. The summed E-state index contributed by atoms with van der Waals surface area (Å²) in [5.41, 5.74) is -0.945. The first-order chi connectivity index (χ1) is 8.90. The van der Waals surface area contributed by atoms with Gasteiger partial charge >= 0.3 is 6.18 Å². The number of hydrogen-bond donors (Lipinski definition) is 0. The molecule has 0 bridgehead atoms. The third-order valence-corrected chi connectivity index (χ3v) is 2.72. The number of aryl methyl sites for hydroxylation is 1. The van der Waals surface area contributed by atoms with Gasteiger partial charge in [0, 0.05) is 18.7 Å². The van der Waals surface area contributed by atoms with Gasteiger partial charge in [0.1, 0.15) is 10.4 Å². The summed E-state index contributed by atoms with van der Waals surface area (Å²) in [6.07, 6.45) is -1.72. The molecule has 0 spiro atoms. The van der Waals surface area contributed by atoms with Gasteiger partial charge in [0.05, 0.1) is 0 Å². The second kappa shape index (κ2) is 5.28. The molecular weight excluding hydrogens is 325 g/mol. The van der Waals surface area contributed by atoms with Crippen LogP contribution < -0.4 is 0 Å². The minimum absolute atomic E-state index is 0.306. The van der Waals surface area contributed by atoms with Crippen molar-refractivity contribution in [2.24, 2.45) is 0 Å². The van der Waals surface area contributed by atoms with Crippen molar-refractivity contribution in [2.75, 3.05) is 0 Å². The van der Waals surface area contributed by atoms with Crippen molar-refractivity contribution in [2.45, 2.75) is 25.9 Å². The van der Waals surface area contributed by atoms with Crippen LogP contribution in [0, 0.1) is 0 Å². The number of rotatable bonds is 3. The molecule has 0 N–H and O–H groups in total. The molecule has 19 heavy (non-hydrogen) atoms. The zero-order valence-electron chi connectivity index (χ0n) is 9.95. The Morgan fingerprint density at radius 3 is 2.63 bits per heavy atom. The van der Waals surface area contributed by atoms with Gasteiger partial charge in [0.2, 0.25) is 0 Å². The summed E-state index contributed by atoms with van der Waals surface area (Å²) in [5, 5.41) is 3.47. The molecule has 0 radical (unpaired) electrons. The van der Waals surface area contributed by atoms with Crippen LogP contribution in [0.2, 0.25) is 0 Å². The predicted octanol–water partition coefficient (Wildman–Crippen LogP) is 3.40. The van der Waals surface area contributed by atoms with Crippen LogP contribution in [0.3, 0.4) is 0 Å². The molecule has 0 fully saturated rings. The average Bonchev–Trinajstić information content (AvgIpc) is 2.77. The Kier molecular flexibility index (Phi) is 3.88. The minimum Gasteiger partial charge on any atom is -0.226 e. The summed E-state index contributed by atoms with van der Waals surface area (Å²) >= 11 is 3.21. The van der Waals surface area contributed by atoms with E-state index in [0.717, 1.165) is 17.2 Å². The smallest absolute Gasteiger partial charge is 0.226 e. The van der Waals surface area contributed by atoms with E-state index in [0.29, 0.717) is 22.7 Å². The van der Waals surface area contributed by atoms with E-state index in [1.54, 1.807) is 0 Å². The van der Waals surface area contributed by atoms with Crippen LogP contribution in [0.5, 0.6) is 0 Å². The summed E-state index contributed by atoms with van der Waals surface area (Å²) in [5.74, 6) is 0.872. The van der Waals surface area contributed by atoms with Crippen molar-refractivity contribution in [3.8, 4) is 5.82 Å². The summed E-state index contributed by atoms with van der Waals surface area (Å²) in [4.78, 5) is 8.33. The molecule has 2 aromatic heterocycles. The second-order valence-corrected chi connectivity index (χ2v) is 4.67. The minimum atomic E-state index is -4.46. The Labute approximate surface area is 115 Å². The van der Waals surface area contributed by atoms with Crippen LogP contribution in [0.1, 0.15) is 24.9 Å². The zero-order valence-corrected chi connectivity index (χ0v) is 11.5. The van der Waals surface area contributed by atoms with Crippen LogP contribution in [0.4, 0.5) is 13.2 Å². The highest BCUT2D eigenvalue weighted by Crippen LogP contribution is 2.27. The fourth-order valence-electron chi connectivity index (χ4n) is 1.51. The summed E-state index contributed by atoms with van der Waals surface area (Å²) in [6.45, 7) is 1.97. The molecule has 2 aromatic rings. The number of aromatic nitrogens is 4. The Hall–Kier alpha value is -1.44. The first kappa shape index (κ1) is 14.0. The molecule has 2 rings (SSSR count). The third-order valence-electron chi connectivity index (χ3n) is 2.32. The van der Waals surface area contributed by atoms with E-state index in [1.165, 1.54) is 12.3 Å². The molecule has 2 heterocycles. The van der Waals surface area contributed by atoms with Gasteiger partial charge in [-0.05, 0) is 28.4 Å². The molecule has 0 aromatic carbocycles. The van der Waals surface area contributed by atoms with Crippen LogP contribution in [0.25, 0.3) is 5.82 Å². The molecular formula is C11H10BrF3N4. The molecule has 0 unspecified atom stereocenters. The lowest BCUT2D eigenvalue weighted by Crippen LogP contribution is -2.09. The van der Waals surface area contributed by atoms with Crippen LogP contribution in [-0.4, -0.2) is 19.7 Å². The Morgan fingerprint density at radius 2 is 2.05 bits per heavy atom. The summed E-state index contributed by atoms with van der Waals surface area (Å²) in [6, 6.07) is 2.43. The van der Waals surface area contributed by atoms with Gasteiger partial charge in [0.25, 0.3) is 0 Å². The lowest BCUT2D eigenvalue weighted by atomic mass is 10.3. The molecule has 0 aliphatic rings. The highest BCUT2D eigenvalue weighted by atomic mass is 79.9. The molecule has 4 nitrogen and oxygen atoms in total. The quantitative estimate of drug-likeness (QED) is 0.808. The van der Waals surface area contributed by atoms with Crippen molar-refractivity contribution < 1.29 is 13.2 Å². The fraction of sp³-hybridized carbons (Fsp3) is 0.364. The summed E-state index contributed by atoms with van der Waals surface area (Å²) in [7, 11) is 0. The first-order valence-corrected chi connectivity index (χ1v) is 6.36. The number of hydrogen-bond acceptors (Lipinski definition) is 3. The molecule has 0 aliphatic heterocycles. The number of halogens is 4. The van der Waals surface area contributed by atoms with Crippen molar-refractivity contribution >= 4 is 15.9 Å². The van der Waals surface area contributed by atoms with Gasteiger partial charge in [-0.15, -0.1) is 0 Å². The Balaban J connectivity index is 2.38. The number of alkyl halides is 3. The summed E-state index contributed by atoms with van der Waals surface area (Å²) < 4.78 is 39.0. The van der Waals surface area contributed by atoms with E-state index in [9.17, 15) is 13.2 Å². The van der Waals surface area contributed by atoms with Gasteiger partial charge in [0.15, 0.2) is 11.5 Å². The van der Waals surface area contributed by atoms with E-state index in [-0.39, 0.29) is 0 Å². The van der Waals surface area contributed by atoms with E-state index >= 15 is 0 Å². The van der Waals surface area contributed by atoms with Gasteiger partial charge < -0.3 is 0 Å². The monoisotopic (exact) mass is 334 g/mol. The van der Waals surface area contributed by atoms with Crippen molar-refractivity contribution in [1.29, 1.82) is 0 Å². The van der Waals surface area contributed by atoms with Crippen LogP contribution in [0.15, 0.2) is 22.9 Å². The van der Waals surface area contributed by atoms with E-state index in [1.807, 2.05) is 6.92 Å². The van der Waals surface area contributed by atoms with Gasteiger partial charge in [-0.1, -0.05) is 6.92 Å². The average molecular weight is 335 g/mol. The maximum atomic E-state index is 12.5.